The first-order chi connectivity index (χ1) is 11.5. The van der Waals surface area contributed by atoms with E-state index in [-0.39, 0.29) is 5.92 Å². The molecule has 0 radical (unpaired) electrons. The molecule has 1 fully saturated rings. The van der Waals surface area contributed by atoms with Crippen molar-refractivity contribution in [2.24, 2.45) is 0 Å². The Morgan fingerprint density at radius 3 is 2.92 bits per heavy atom. The van der Waals surface area contributed by atoms with Crippen molar-refractivity contribution in [3.63, 3.8) is 0 Å². The maximum Gasteiger partial charge on any atom is 0.211 e. The molecule has 0 amide bonds. The van der Waals surface area contributed by atoms with E-state index in [4.69, 9.17) is 4.98 Å². The molecule has 0 aliphatic carbocycles. The zero-order valence-corrected chi connectivity index (χ0v) is 14.9. The van der Waals surface area contributed by atoms with Gasteiger partial charge in [-0.2, -0.15) is 5.10 Å². The topological polar surface area (TPSA) is 81.0 Å². The molecule has 1 aliphatic heterocycles. The van der Waals surface area contributed by atoms with Crippen LogP contribution in [0.15, 0.2) is 24.7 Å². The zero-order chi connectivity index (χ0) is 17.2. The zero-order valence-electron chi connectivity index (χ0n) is 14.1. The fraction of sp³-hybridized carbons (Fsp3) is 0.562. The Morgan fingerprint density at radius 2 is 2.17 bits per heavy atom. The largest absolute Gasteiger partial charge is 0.263 e. The lowest BCUT2D eigenvalue weighted by molar-refractivity contribution is 0.314. The van der Waals surface area contributed by atoms with Crippen LogP contribution in [0.25, 0.3) is 11.4 Å². The van der Waals surface area contributed by atoms with Crippen molar-refractivity contribution < 1.29 is 8.42 Å². The van der Waals surface area contributed by atoms with Gasteiger partial charge in [0.2, 0.25) is 10.0 Å². The minimum atomic E-state index is -3.16. The standard InChI is InChI=1S/C16H23N5O2S/c1-3-8-21-16(6-7-18-21)15-11-17-10-14(19-15)13-5-4-9-20(12-13)24(2,22)23/h6-7,10-11,13H,3-5,8-9,12H2,1-2H3/t13-/m0/s1. The quantitative estimate of drug-likeness (QED) is 0.823. The highest BCUT2D eigenvalue weighted by molar-refractivity contribution is 7.88. The molecular formula is C16H23N5O2S. The first-order valence-electron chi connectivity index (χ1n) is 8.28. The summed E-state index contributed by atoms with van der Waals surface area (Å²) >= 11 is 0. The van der Waals surface area contributed by atoms with Gasteiger partial charge in [-0.25, -0.2) is 17.7 Å². The summed E-state index contributed by atoms with van der Waals surface area (Å²) in [6.07, 6.45) is 9.29. The molecular weight excluding hydrogens is 326 g/mol. The van der Waals surface area contributed by atoms with E-state index < -0.39 is 10.0 Å². The van der Waals surface area contributed by atoms with Gasteiger partial charge in [0.1, 0.15) is 5.69 Å². The fourth-order valence-electron chi connectivity index (χ4n) is 3.13. The third-order valence-corrected chi connectivity index (χ3v) is 5.61. The molecule has 0 bridgehead atoms. The van der Waals surface area contributed by atoms with E-state index in [0.717, 1.165) is 42.9 Å². The van der Waals surface area contributed by atoms with Crippen molar-refractivity contribution in [2.45, 2.75) is 38.6 Å². The Kier molecular flexibility index (Phi) is 4.96. The summed E-state index contributed by atoms with van der Waals surface area (Å²) in [4.78, 5) is 9.09. The highest BCUT2D eigenvalue weighted by Crippen LogP contribution is 2.28. The third-order valence-electron chi connectivity index (χ3n) is 4.34. The lowest BCUT2D eigenvalue weighted by Crippen LogP contribution is -2.38. The van der Waals surface area contributed by atoms with Crippen molar-refractivity contribution in [1.29, 1.82) is 0 Å². The van der Waals surface area contributed by atoms with Crippen LogP contribution in [0.3, 0.4) is 0 Å². The predicted molar refractivity (Wildman–Crippen MR) is 91.9 cm³/mol. The summed E-state index contributed by atoms with van der Waals surface area (Å²) in [5, 5.41) is 4.33. The summed E-state index contributed by atoms with van der Waals surface area (Å²) in [6.45, 7) is 4.01. The summed E-state index contributed by atoms with van der Waals surface area (Å²) in [5.74, 6) is 0.0865. The minimum Gasteiger partial charge on any atom is -0.263 e. The molecule has 7 nitrogen and oxygen atoms in total. The molecule has 8 heteroatoms. The SMILES string of the molecule is CCCn1nccc1-c1cncc([C@H]2CCCN(S(C)(=O)=O)C2)n1. The molecule has 0 N–H and O–H groups in total. The minimum absolute atomic E-state index is 0.0865. The number of hydrogen-bond donors (Lipinski definition) is 0. The number of rotatable bonds is 5. The lowest BCUT2D eigenvalue weighted by Gasteiger charge is -2.30. The molecule has 0 aromatic carbocycles. The first-order valence-corrected chi connectivity index (χ1v) is 10.1. The van der Waals surface area contributed by atoms with Crippen LogP contribution in [0.2, 0.25) is 0 Å². The molecule has 3 rings (SSSR count). The highest BCUT2D eigenvalue weighted by atomic mass is 32.2. The first kappa shape index (κ1) is 17.0. The van der Waals surface area contributed by atoms with Crippen LogP contribution in [0.5, 0.6) is 0 Å². The van der Waals surface area contributed by atoms with Gasteiger partial charge in [-0.1, -0.05) is 6.92 Å². The predicted octanol–water partition coefficient (Wildman–Crippen LogP) is 1.89. The van der Waals surface area contributed by atoms with Crippen LogP contribution in [-0.4, -0.2) is 51.8 Å². The Labute approximate surface area is 142 Å². The molecule has 2 aromatic heterocycles. The number of hydrogen-bond acceptors (Lipinski definition) is 5. The molecule has 3 heterocycles. The van der Waals surface area contributed by atoms with Crippen molar-refractivity contribution >= 4 is 10.0 Å². The summed E-state index contributed by atoms with van der Waals surface area (Å²) in [5.41, 5.74) is 2.59. The van der Waals surface area contributed by atoms with Crippen molar-refractivity contribution in [3.8, 4) is 11.4 Å². The summed E-state index contributed by atoms with van der Waals surface area (Å²) < 4.78 is 27.1. The van der Waals surface area contributed by atoms with Crippen LogP contribution in [0, 0.1) is 0 Å². The van der Waals surface area contributed by atoms with Gasteiger partial charge in [-0.3, -0.25) is 9.67 Å². The molecule has 0 spiro atoms. The lowest BCUT2D eigenvalue weighted by atomic mass is 9.96. The number of aryl methyl sites for hydroxylation is 1. The average molecular weight is 349 g/mol. The summed E-state index contributed by atoms with van der Waals surface area (Å²) in [7, 11) is -3.16. The average Bonchev–Trinajstić information content (AvgIpc) is 3.03. The number of nitrogens with zero attached hydrogens (tertiary/aromatic N) is 5. The van der Waals surface area contributed by atoms with E-state index in [1.807, 2.05) is 10.7 Å². The van der Waals surface area contributed by atoms with Gasteiger partial charge < -0.3 is 0 Å². The molecule has 2 aromatic rings. The van der Waals surface area contributed by atoms with Gasteiger partial charge >= 0.3 is 0 Å². The summed E-state index contributed by atoms with van der Waals surface area (Å²) in [6, 6.07) is 1.94. The molecule has 0 unspecified atom stereocenters. The van der Waals surface area contributed by atoms with Gasteiger partial charge in [-0.05, 0) is 25.3 Å². The van der Waals surface area contributed by atoms with Crippen LogP contribution < -0.4 is 0 Å². The third kappa shape index (κ3) is 3.64. The van der Waals surface area contributed by atoms with Gasteiger partial charge in [0.15, 0.2) is 0 Å². The normalized spacial score (nSPS) is 19.5. The number of sulfonamides is 1. The van der Waals surface area contributed by atoms with E-state index in [1.165, 1.54) is 10.6 Å². The molecule has 1 saturated heterocycles. The van der Waals surface area contributed by atoms with Gasteiger partial charge in [0, 0.05) is 37.9 Å². The van der Waals surface area contributed by atoms with Gasteiger partial charge in [0.25, 0.3) is 0 Å². The van der Waals surface area contributed by atoms with E-state index in [1.54, 1.807) is 18.6 Å². The molecule has 0 saturated carbocycles. The Hall–Kier alpha value is -1.80. The van der Waals surface area contributed by atoms with E-state index >= 15 is 0 Å². The second-order valence-corrected chi connectivity index (χ2v) is 8.21. The smallest absolute Gasteiger partial charge is 0.211 e. The van der Waals surface area contributed by atoms with Crippen LogP contribution in [0.4, 0.5) is 0 Å². The maximum absolute atomic E-state index is 11.8. The Balaban J connectivity index is 1.86. The number of aromatic nitrogens is 4. The van der Waals surface area contributed by atoms with E-state index in [2.05, 4.69) is 17.0 Å². The Bertz CT molecular complexity index is 802. The Morgan fingerprint density at radius 1 is 1.33 bits per heavy atom. The van der Waals surface area contributed by atoms with Crippen molar-refractivity contribution in [3.05, 3.63) is 30.4 Å². The van der Waals surface area contributed by atoms with E-state index in [0.29, 0.717) is 13.1 Å². The van der Waals surface area contributed by atoms with Crippen LogP contribution in [-0.2, 0) is 16.6 Å². The van der Waals surface area contributed by atoms with Crippen LogP contribution >= 0.6 is 0 Å². The molecule has 130 valence electrons. The second-order valence-electron chi connectivity index (χ2n) is 6.23. The van der Waals surface area contributed by atoms with Gasteiger partial charge in [-0.15, -0.1) is 0 Å². The second kappa shape index (κ2) is 6.98. The number of piperidine rings is 1. The van der Waals surface area contributed by atoms with Crippen molar-refractivity contribution in [1.82, 2.24) is 24.1 Å². The molecule has 24 heavy (non-hydrogen) atoms. The molecule has 1 atom stereocenters. The van der Waals surface area contributed by atoms with Crippen molar-refractivity contribution in [2.75, 3.05) is 19.3 Å². The van der Waals surface area contributed by atoms with Gasteiger partial charge in [0.05, 0.1) is 23.8 Å². The fourth-order valence-corrected chi connectivity index (χ4v) is 4.04. The van der Waals surface area contributed by atoms with Crippen LogP contribution in [0.1, 0.15) is 37.8 Å². The maximum atomic E-state index is 11.8. The highest BCUT2D eigenvalue weighted by Gasteiger charge is 2.28. The monoisotopic (exact) mass is 349 g/mol. The van der Waals surface area contributed by atoms with E-state index in [9.17, 15) is 8.42 Å². The molecule has 1 aliphatic rings.